The molecule has 1 aliphatic rings. The molecule has 4 nitrogen and oxygen atoms in total. The fourth-order valence-electron chi connectivity index (χ4n) is 2.99. The molecule has 0 amide bonds. The molecule has 2 heterocycles. The van der Waals surface area contributed by atoms with E-state index < -0.39 is 0 Å². The van der Waals surface area contributed by atoms with E-state index in [0.717, 1.165) is 18.5 Å². The fourth-order valence-corrected chi connectivity index (χ4v) is 2.99. The van der Waals surface area contributed by atoms with Gasteiger partial charge in [-0.25, -0.2) is 9.37 Å². The first-order chi connectivity index (χ1) is 11.7. The van der Waals surface area contributed by atoms with Gasteiger partial charge in [-0.05, 0) is 31.0 Å². The summed E-state index contributed by atoms with van der Waals surface area (Å²) in [6, 6.07) is 14.4. The van der Waals surface area contributed by atoms with Crippen LogP contribution in [-0.2, 0) is 13.1 Å². The zero-order valence-electron chi connectivity index (χ0n) is 13.2. The molecular weight excluding hydrogens is 305 g/mol. The van der Waals surface area contributed by atoms with E-state index in [0.29, 0.717) is 30.3 Å². The number of fused-ring (bicyclic) bond motifs is 1. The Bertz CT molecular complexity index is 933. The SMILES string of the molecule is O=c1cc(CN(Cc2ccccc2F)C2CC2)nc2ccccn12. The van der Waals surface area contributed by atoms with Gasteiger partial charge in [-0.15, -0.1) is 0 Å². The first kappa shape index (κ1) is 15.0. The van der Waals surface area contributed by atoms with Crippen molar-refractivity contribution in [3.8, 4) is 0 Å². The average molecular weight is 323 g/mol. The maximum atomic E-state index is 13.9. The first-order valence-electron chi connectivity index (χ1n) is 8.15. The topological polar surface area (TPSA) is 37.6 Å². The van der Waals surface area contributed by atoms with Gasteiger partial charge < -0.3 is 0 Å². The van der Waals surface area contributed by atoms with E-state index in [9.17, 15) is 9.18 Å². The van der Waals surface area contributed by atoms with Crippen LogP contribution in [0, 0.1) is 5.82 Å². The van der Waals surface area contributed by atoms with E-state index in [1.54, 1.807) is 18.3 Å². The number of hydrogen-bond donors (Lipinski definition) is 0. The lowest BCUT2D eigenvalue weighted by atomic mass is 10.2. The minimum atomic E-state index is -0.185. The van der Waals surface area contributed by atoms with Gasteiger partial charge >= 0.3 is 0 Å². The second-order valence-electron chi connectivity index (χ2n) is 6.24. The average Bonchev–Trinajstić information content (AvgIpc) is 3.41. The van der Waals surface area contributed by atoms with Gasteiger partial charge in [0.2, 0.25) is 0 Å². The Morgan fingerprint density at radius 1 is 1.12 bits per heavy atom. The van der Waals surface area contributed by atoms with Crippen LogP contribution in [0.4, 0.5) is 4.39 Å². The summed E-state index contributed by atoms with van der Waals surface area (Å²) in [5, 5.41) is 0. The molecule has 2 aromatic heterocycles. The third-order valence-corrected chi connectivity index (χ3v) is 4.38. The zero-order valence-corrected chi connectivity index (χ0v) is 13.2. The fraction of sp³-hybridized carbons (Fsp3) is 0.263. The Hall–Kier alpha value is -2.53. The van der Waals surface area contributed by atoms with Crippen LogP contribution in [0.15, 0.2) is 59.5 Å². The van der Waals surface area contributed by atoms with Crippen molar-refractivity contribution in [2.24, 2.45) is 0 Å². The van der Waals surface area contributed by atoms with Crippen LogP contribution in [0.25, 0.3) is 5.65 Å². The summed E-state index contributed by atoms with van der Waals surface area (Å²) in [5.41, 5.74) is 1.97. The molecule has 1 aromatic carbocycles. The first-order valence-corrected chi connectivity index (χ1v) is 8.15. The Balaban J connectivity index is 1.62. The molecule has 0 radical (unpaired) electrons. The number of pyridine rings is 1. The molecule has 1 saturated carbocycles. The maximum absolute atomic E-state index is 13.9. The van der Waals surface area contributed by atoms with Gasteiger partial charge in [-0.2, -0.15) is 0 Å². The number of rotatable bonds is 5. The van der Waals surface area contributed by atoms with Gasteiger partial charge in [-0.3, -0.25) is 14.1 Å². The highest BCUT2D eigenvalue weighted by atomic mass is 19.1. The second kappa shape index (κ2) is 6.17. The van der Waals surface area contributed by atoms with Crippen molar-refractivity contribution in [3.63, 3.8) is 0 Å². The Labute approximate surface area is 139 Å². The predicted molar refractivity (Wildman–Crippen MR) is 90.1 cm³/mol. The minimum absolute atomic E-state index is 0.0859. The molecule has 122 valence electrons. The molecule has 1 aliphatic carbocycles. The van der Waals surface area contributed by atoms with E-state index in [4.69, 9.17) is 0 Å². The van der Waals surface area contributed by atoms with Gasteiger partial charge in [0.1, 0.15) is 11.5 Å². The van der Waals surface area contributed by atoms with Crippen molar-refractivity contribution in [2.45, 2.75) is 32.0 Å². The molecule has 0 unspecified atom stereocenters. The number of benzene rings is 1. The molecule has 0 saturated heterocycles. The minimum Gasteiger partial charge on any atom is -0.290 e. The predicted octanol–water partition coefficient (Wildman–Crippen LogP) is 3.00. The smallest absolute Gasteiger partial charge is 0.258 e. The Morgan fingerprint density at radius 3 is 2.71 bits per heavy atom. The maximum Gasteiger partial charge on any atom is 0.258 e. The highest BCUT2D eigenvalue weighted by Crippen LogP contribution is 2.29. The molecule has 5 heteroatoms. The van der Waals surface area contributed by atoms with Crippen LogP contribution in [0.2, 0.25) is 0 Å². The van der Waals surface area contributed by atoms with E-state index in [-0.39, 0.29) is 11.4 Å². The molecule has 3 aromatic rings. The van der Waals surface area contributed by atoms with Gasteiger partial charge in [0, 0.05) is 37.0 Å². The molecule has 1 fully saturated rings. The van der Waals surface area contributed by atoms with Crippen LogP contribution in [-0.4, -0.2) is 20.3 Å². The van der Waals surface area contributed by atoms with Gasteiger partial charge in [-0.1, -0.05) is 24.3 Å². The van der Waals surface area contributed by atoms with Crippen molar-refractivity contribution >= 4 is 5.65 Å². The quantitative estimate of drug-likeness (QED) is 0.724. The molecule has 0 N–H and O–H groups in total. The van der Waals surface area contributed by atoms with Crippen molar-refractivity contribution in [3.05, 3.63) is 82.2 Å². The Morgan fingerprint density at radius 2 is 1.92 bits per heavy atom. The summed E-state index contributed by atoms with van der Waals surface area (Å²) in [6.07, 6.45) is 3.94. The van der Waals surface area contributed by atoms with Gasteiger partial charge in [0.05, 0.1) is 5.69 Å². The summed E-state index contributed by atoms with van der Waals surface area (Å²) in [6.45, 7) is 1.09. The van der Waals surface area contributed by atoms with Crippen molar-refractivity contribution in [1.29, 1.82) is 0 Å². The Kier molecular flexibility index (Phi) is 3.86. The van der Waals surface area contributed by atoms with Crippen LogP contribution >= 0.6 is 0 Å². The lowest BCUT2D eigenvalue weighted by molar-refractivity contribution is 0.239. The molecule has 0 atom stereocenters. The van der Waals surface area contributed by atoms with Gasteiger partial charge in [0.15, 0.2) is 0 Å². The third-order valence-electron chi connectivity index (χ3n) is 4.38. The summed E-state index contributed by atoms with van der Waals surface area (Å²) in [4.78, 5) is 19.0. The number of aromatic nitrogens is 2. The van der Waals surface area contributed by atoms with Crippen LogP contribution < -0.4 is 5.56 Å². The van der Waals surface area contributed by atoms with E-state index in [1.165, 1.54) is 10.5 Å². The summed E-state index contributed by atoms with van der Waals surface area (Å²) in [5.74, 6) is -0.185. The monoisotopic (exact) mass is 323 g/mol. The summed E-state index contributed by atoms with van der Waals surface area (Å²) in [7, 11) is 0. The summed E-state index contributed by atoms with van der Waals surface area (Å²) >= 11 is 0. The normalized spacial score (nSPS) is 14.4. The molecular formula is C19H18FN3O. The second-order valence-corrected chi connectivity index (χ2v) is 6.24. The lowest BCUT2D eigenvalue weighted by Gasteiger charge is -2.22. The third kappa shape index (κ3) is 3.08. The molecule has 0 aliphatic heterocycles. The lowest BCUT2D eigenvalue weighted by Crippen LogP contribution is -2.27. The number of nitrogens with zero attached hydrogens (tertiary/aromatic N) is 3. The van der Waals surface area contributed by atoms with Crippen molar-refractivity contribution in [2.75, 3.05) is 0 Å². The van der Waals surface area contributed by atoms with E-state index in [2.05, 4.69) is 9.88 Å². The van der Waals surface area contributed by atoms with Gasteiger partial charge in [0.25, 0.3) is 5.56 Å². The number of hydrogen-bond acceptors (Lipinski definition) is 3. The van der Waals surface area contributed by atoms with Crippen LogP contribution in [0.3, 0.4) is 0 Å². The number of halogens is 1. The zero-order chi connectivity index (χ0) is 16.5. The standard InChI is InChI=1S/C19H18FN3O/c20-17-6-2-1-5-14(17)12-22(16-8-9-16)13-15-11-19(24)23-10-4-3-7-18(23)21-15/h1-7,10-11,16H,8-9,12-13H2. The highest BCUT2D eigenvalue weighted by Gasteiger charge is 2.29. The van der Waals surface area contributed by atoms with E-state index >= 15 is 0 Å². The molecule has 24 heavy (non-hydrogen) atoms. The van der Waals surface area contributed by atoms with Crippen LogP contribution in [0.5, 0.6) is 0 Å². The largest absolute Gasteiger partial charge is 0.290 e. The van der Waals surface area contributed by atoms with Crippen LogP contribution in [0.1, 0.15) is 24.1 Å². The molecule has 4 rings (SSSR count). The summed E-state index contributed by atoms with van der Waals surface area (Å²) < 4.78 is 15.5. The molecule has 0 spiro atoms. The van der Waals surface area contributed by atoms with Crippen molar-refractivity contribution < 1.29 is 4.39 Å². The highest BCUT2D eigenvalue weighted by molar-refractivity contribution is 5.38. The van der Waals surface area contributed by atoms with Crippen molar-refractivity contribution in [1.82, 2.24) is 14.3 Å². The molecule has 0 bridgehead atoms. The van der Waals surface area contributed by atoms with E-state index in [1.807, 2.05) is 30.3 Å².